The Hall–Kier alpha value is -4.19. The smallest absolute Gasteiger partial charge is 0.251 e. The lowest BCUT2D eigenvalue weighted by molar-refractivity contribution is 0.0951. The molecule has 4 aromatic rings. The average Bonchev–Trinajstić information content (AvgIpc) is 2.84. The summed E-state index contributed by atoms with van der Waals surface area (Å²) in [5.41, 5.74) is 3.60. The summed E-state index contributed by atoms with van der Waals surface area (Å²) in [4.78, 5) is 21.3. The molecule has 0 aliphatic carbocycles. The van der Waals surface area contributed by atoms with E-state index >= 15 is 0 Å². The molecule has 0 radical (unpaired) electrons. The van der Waals surface area contributed by atoms with Crippen LogP contribution in [0.2, 0.25) is 0 Å². The number of hydrogen-bond acceptors (Lipinski definition) is 5. The number of carbonyl (C=O) groups is 1. The van der Waals surface area contributed by atoms with Crippen LogP contribution in [0.15, 0.2) is 85.1 Å². The van der Waals surface area contributed by atoms with Crippen LogP contribution in [0.3, 0.4) is 0 Å². The van der Waals surface area contributed by atoms with E-state index in [9.17, 15) is 4.79 Å². The van der Waals surface area contributed by atoms with Crippen LogP contribution in [0.1, 0.15) is 21.5 Å². The number of aromatic nitrogens is 2. The Bertz CT molecular complexity index is 1210. The molecule has 160 valence electrons. The third-order valence-corrected chi connectivity index (χ3v) is 4.87. The van der Waals surface area contributed by atoms with E-state index in [4.69, 9.17) is 9.47 Å². The van der Waals surface area contributed by atoms with Gasteiger partial charge in [-0.05, 0) is 48.9 Å². The Kier molecular flexibility index (Phi) is 6.41. The number of methoxy groups -OCH3 is 1. The predicted molar refractivity (Wildman–Crippen MR) is 123 cm³/mol. The van der Waals surface area contributed by atoms with Crippen molar-refractivity contribution in [1.82, 2.24) is 15.3 Å². The van der Waals surface area contributed by atoms with E-state index in [1.165, 1.54) is 5.56 Å². The summed E-state index contributed by atoms with van der Waals surface area (Å²) in [6, 6.07) is 24.2. The first kappa shape index (κ1) is 21.1. The highest BCUT2D eigenvalue weighted by atomic mass is 16.5. The lowest BCUT2D eigenvalue weighted by atomic mass is 10.1. The molecule has 0 spiro atoms. The fourth-order valence-electron chi connectivity index (χ4n) is 3.10. The van der Waals surface area contributed by atoms with E-state index < -0.39 is 0 Å². The first-order valence-corrected chi connectivity index (χ1v) is 10.2. The Balaban J connectivity index is 1.39. The van der Waals surface area contributed by atoms with Crippen LogP contribution < -0.4 is 14.8 Å². The fourth-order valence-corrected chi connectivity index (χ4v) is 3.10. The van der Waals surface area contributed by atoms with Gasteiger partial charge < -0.3 is 14.8 Å². The normalized spacial score (nSPS) is 10.4. The van der Waals surface area contributed by atoms with Crippen molar-refractivity contribution in [3.63, 3.8) is 0 Å². The van der Waals surface area contributed by atoms with Crippen molar-refractivity contribution in [1.29, 1.82) is 0 Å². The molecule has 0 saturated heterocycles. The van der Waals surface area contributed by atoms with Gasteiger partial charge in [-0.25, -0.2) is 4.98 Å². The van der Waals surface area contributed by atoms with E-state index in [0.717, 1.165) is 16.9 Å². The van der Waals surface area contributed by atoms with Gasteiger partial charge in [0.15, 0.2) is 5.82 Å². The Morgan fingerprint density at radius 2 is 1.72 bits per heavy atom. The molecular weight excluding hydrogens is 402 g/mol. The molecule has 32 heavy (non-hydrogen) atoms. The SMILES string of the molecule is COc1cccc(CNC(=O)c2ccc(Oc3ccnc(-c4ccc(C)cc4)n3)cc2)c1. The first-order valence-electron chi connectivity index (χ1n) is 10.2. The summed E-state index contributed by atoms with van der Waals surface area (Å²) in [6.07, 6.45) is 1.66. The third kappa shape index (κ3) is 5.29. The topological polar surface area (TPSA) is 73.3 Å². The van der Waals surface area contributed by atoms with Gasteiger partial charge in [-0.1, -0.05) is 42.0 Å². The minimum absolute atomic E-state index is 0.164. The van der Waals surface area contributed by atoms with E-state index in [2.05, 4.69) is 15.3 Å². The Morgan fingerprint density at radius 1 is 0.938 bits per heavy atom. The molecule has 1 amide bonds. The van der Waals surface area contributed by atoms with Crippen molar-refractivity contribution in [2.45, 2.75) is 13.5 Å². The van der Waals surface area contributed by atoms with Gasteiger partial charge in [0.05, 0.1) is 7.11 Å². The number of carbonyl (C=O) groups excluding carboxylic acids is 1. The number of benzene rings is 3. The second-order valence-corrected chi connectivity index (χ2v) is 7.25. The van der Waals surface area contributed by atoms with Gasteiger partial charge in [0.1, 0.15) is 11.5 Å². The van der Waals surface area contributed by atoms with Crippen LogP contribution in [0.4, 0.5) is 0 Å². The van der Waals surface area contributed by atoms with E-state index in [-0.39, 0.29) is 5.91 Å². The summed E-state index contributed by atoms with van der Waals surface area (Å²) in [7, 11) is 1.62. The lowest BCUT2D eigenvalue weighted by Gasteiger charge is -2.09. The number of nitrogens with one attached hydrogen (secondary N) is 1. The van der Waals surface area contributed by atoms with Gasteiger partial charge in [0.2, 0.25) is 5.88 Å². The molecule has 3 aromatic carbocycles. The second-order valence-electron chi connectivity index (χ2n) is 7.25. The van der Waals surface area contributed by atoms with Crippen LogP contribution in [-0.2, 0) is 6.54 Å². The molecule has 6 heteroatoms. The highest BCUT2D eigenvalue weighted by Crippen LogP contribution is 2.23. The number of nitrogens with zero attached hydrogens (tertiary/aromatic N) is 2. The monoisotopic (exact) mass is 425 g/mol. The molecule has 6 nitrogen and oxygen atoms in total. The van der Waals surface area contributed by atoms with Gasteiger partial charge in [-0.2, -0.15) is 4.98 Å². The summed E-state index contributed by atoms with van der Waals surface area (Å²) in [6.45, 7) is 2.45. The number of amides is 1. The van der Waals surface area contributed by atoms with Crippen molar-refractivity contribution < 1.29 is 14.3 Å². The summed E-state index contributed by atoms with van der Waals surface area (Å²) in [5, 5.41) is 2.91. The molecule has 0 fully saturated rings. The average molecular weight is 425 g/mol. The highest BCUT2D eigenvalue weighted by Gasteiger charge is 2.08. The minimum Gasteiger partial charge on any atom is -0.497 e. The molecule has 0 saturated carbocycles. The molecular formula is C26H23N3O3. The van der Waals surface area contributed by atoms with E-state index in [1.54, 1.807) is 43.6 Å². The third-order valence-electron chi connectivity index (χ3n) is 4.87. The van der Waals surface area contributed by atoms with Crippen molar-refractivity contribution in [2.75, 3.05) is 7.11 Å². The molecule has 0 bridgehead atoms. The zero-order valence-electron chi connectivity index (χ0n) is 17.9. The van der Waals surface area contributed by atoms with Gasteiger partial charge in [0, 0.05) is 29.9 Å². The van der Waals surface area contributed by atoms with Crippen LogP contribution >= 0.6 is 0 Å². The molecule has 4 rings (SSSR count). The van der Waals surface area contributed by atoms with Gasteiger partial charge in [0.25, 0.3) is 5.91 Å². The van der Waals surface area contributed by atoms with Crippen LogP contribution in [-0.4, -0.2) is 23.0 Å². The summed E-state index contributed by atoms with van der Waals surface area (Å²) >= 11 is 0. The summed E-state index contributed by atoms with van der Waals surface area (Å²) < 4.78 is 11.1. The predicted octanol–water partition coefficient (Wildman–Crippen LogP) is 5.18. The minimum atomic E-state index is -0.164. The van der Waals surface area contributed by atoms with Crippen molar-refractivity contribution >= 4 is 5.91 Å². The Labute approximate surface area is 186 Å². The first-order chi connectivity index (χ1) is 15.6. The molecule has 0 unspecified atom stereocenters. The van der Waals surface area contributed by atoms with Gasteiger partial charge >= 0.3 is 0 Å². The van der Waals surface area contributed by atoms with Crippen LogP contribution in [0.25, 0.3) is 11.4 Å². The zero-order valence-corrected chi connectivity index (χ0v) is 17.9. The molecule has 0 aliphatic rings. The maximum absolute atomic E-state index is 12.5. The fraction of sp³-hybridized carbons (Fsp3) is 0.115. The quantitative estimate of drug-likeness (QED) is 0.441. The molecule has 0 atom stereocenters. The second kappa shape index (κ2) is 9.75. The number of hydrogen-bond donors (Lipinski definition) is 1. The largest absolute Gasteiger partial charge is 0.497 e. The van der Waals surface area contributed by atoms with E-state index in [0.29, 0.717) is 29.6 Å². The van der Waals surface area contributed by atoms with E-state index in [1.807, 2.05) is 55.5 Å². The molecule has 1 heterocycles. The molecule has 1 aromatic heterocycles. The van der Waals surface area contributed by atoms with Crippen molar-refractivity contribution in [3.8, 4) is 28.8 Å². The number of rotatable bonds is 7. The van der Waals surface area contributed by atoms with Crippen molar-refractivity contribution in [3.05, 3.63) is 102 Å². The van der Waals surface area contributed by atoms with Gasteiger partial charge in [-0.15, -0.1) is 0 Å². The maximum Gasteiger partial charge on any atom is 0.251 e. The molecule has 1 N–H and O–H groups in total. The van der Waals surface area contributed by atoms with Gasteiger partial charge in [-0.3, -0.25) is 4.79 Å². The number of ether oxygens (including phenoxy) is 2. The van der Waals surface area contributed by atoms with Crippen molar-refractivity contribution in [2.24, 2.45) is 0 Å². The summed E-state index contributed by atoms with van der Waals surface area (Å²) in [5.74, 6) is 2.21. The van der Waals surface area contributed by atoms with Crippen LogP contribution in [0, 0.1) is 6.92 Å². The zero-order chi connectivity index (χ0) is 22.3. The van der Waals surface area contributed by atoms with Crippen LogP contribution in [0.5, 0.6) is 17.4 Å². The standard InChI is InChI=1S/C26H23N3O3/c1-18-6-8-20(9-7-18)25-27-15-14-24(29-25)32-22-12-10-21(11-13-22)26(30)28-17-19-4-3-5-23(16-19)31-2/h3-16H,17H2,1-2H3,(H,28,30). The number of aryl methyl sites for hydroxylation is 1. The highest BCUT2D eigenvalue weighted by molar-refractivity contribution is 5.94. The molecule has 0 aliphatic heterocycles. The Morgan fingerprint density at radius 3 is 2.47 bits per heavy atom. The lowest BCUT2D eigenvalue weighted by Crippen LogP contribution is -2.22. The maximum atomic E-state index is 12.5.